The highest BCUT2D eigenvalue weighted by atomic mass is 32.2. The maximum Gasteiger partial charge on any atom is 0.242 e. The smallest absolute Gasteiger partial charge is 0.242 e. The standard InChI is InChI=1S/C15H23N3O5S2/c1-4-16-13-6-5-12(25(22,23)18(2)3)9-14(13)17-15(19)11-7-8-24(20,21)10-11/h5-6,9,11,16H,4,7-8,10H2,1-3H3,(H,17,19). The van der Waals surface area contributed by atoms with Crippen molar-refractivity contribution in [3.8, 4) is 0 Å². The van der Waals surface area contributed by atoms with Crippen LogP contribution in [0.5, 0.6) is 0 Å². The number of nitrogens with zero attached hydrogens (tertiary/aromatic N) is 1. The van der Waals surface area contributed by atoms with Gasteiger partial charge in [-0.1, -0.05) is 0 Å². The second kappa shape index (κ2) is 7.30. The van der Waals surface area contributed by atoms with Gasteiger partial charge in [-0.05, 0) is 31.5 Å². The van der Waals surface area contributed by atoms with Crippen LogP contribution in [0.3, 0.4) is 0 Å². The third-order valence-electron chi connectivity index (χ3n) is 4.00. The molecule has 140 valence electrons. The summed E-state index contributed by atoms with van der Waals surface area (Å²) in [5.41, 5.74) is 0.897. The fraction of sp³-hybridized carbons (Fsp3) is 0.533. The van der Waals surface area contributed by atoms with Gasteiger partial charge in [0.15, 0.2) is 9.84 Å². The van der Waals surface area contributed by atoms with Crippen molar-refractivity contribution in [3.05, 3.63) is 18.2 Å². The highest BCUT2D eigenvalue weighted by Gasteiger charge is 2.33. The van der Waals surface area contributed by atoms with Gasteiger partial charge in [-0.15, -0.1) is 0 Å². The van der Waals surface area contributed by atoms with Crippen LogP contribution in [0.2, 0.25) is 0 Å². The topological polar surface area (TPSA) is 113 Å². The fourth-order valence-electron chi connectivity index (χ4n) is 2.58. The Morgan fingerprint density at radius 3 is 2.48 bits per heavy atom. The van der Waals surface area contributed by atoms with Crippen molar-refractivity contribution in [2.45, 2.75) is 18.2 Å². The van der Waals surface area contributed by atoms with E-state index in [9.17, 15) is 21.6 Å². The average molecular weight is 389 g/mol. The monoisotopic (exact) mass is 389 g/mol. The van der Waals surface area contributed by atoms with Crippen molar-refractivity contribution >= 4 is 37.1 Å². The lowest BCUT2D eigenvalue weighted by Crippen LogP contribution is -2.25. The Hall–Kier alpha value is -1.65. The van der Waals surface area contributed by atoms with E-state index in [2.05, 4.69) is 10.6 Å². The van der Waals surface area contributed by atoms with Crippen LogP contribution in [-0.2, 0) is 24.7 Å². The van der Waals surface area contributed by atoms with E-state index in [1.54, 1.807) is 6.07 Å². The molecule has 1 aromatic carbocycles. The quantitative estimate of drug-likeness (QED) is 0.742. The molecular weight excluding hydrogens is 366 g/mol. The summed E-state index contributed by atoms with van der Waals surface area (Å²) in [6.07, 6.45) is 0.278. The minimum atomic E-state index is -3.65. The van der Waals surface area contributed by atoms with Gasteiger partial charge in [0.05, 0.1) is 33.7 Å². The largest absolute Gasteiger partial charge is 0.384 e. The van der Waals surface area contributed by atoms with E-state index in [0.29, 0.717) is 17.9 Å². The second-order valence-corrected chi connectivity index (χ2v) is 10.5. The number of carbonyl (C=O) groups excluding carboxylic acids is 1. The number of nitrogens with one attached hydrogen (secondary N) is 2. The number of sulfonamides is 1. The van der Waals surface area contributed by atoms with Crippen LogP contribution < -0.4 is 10.6 Å². The van der Waals surface area contributed by atoms with E-state index in [0.717, 1.165) is 4.31 Å². The maximum absolute atomic E-state index is 12.4. The molecule has 1 aliphatic heterocycles. The molecule has 8 nitrogen and oxygen atoms in total. The summed E-state index contributed by atoms with van der Waals surface area (Å²) in [5, 5.41) is 5.73. The summed E-state index contributed by atoms with van der Waals surface area (Å²) in [6.45, 7) is 2.46. The maximum atomic E-state index is 12.4. The van der Waals surface area contributed by atoms with Gasteiger partial charge in [0.1, 0.15) is 0 Å². The number of amides is 1. The molecule has 1 atom stereocenters. The van der Waals surface area contributed by atoms with E-state index < -0.39 is 31.7 Å². The molecule has 0 spiro atoms. The highest BCUT2D eigenvalue weighted by molar-refractivity contribution is 7.91. The van der Waals surface area contributed by atoms with E-state index >= 15 is 0 Å². The van der Waals surface area contributed by atoms with Crippen LogP contribution >= 0.6 is 0 Å². The van der Waals surface area contributed by atoms with E-state index in [-0.39, 0.29) is 22.8 Å². The number of sulfone groups is 1. The van der Waals surface area contributed by atoms with Crippen molar-refractivity contribution < 1.29 is 21.6 Å². The molecule has 1 heterocycles. The third-order valence-corrected chi connectivity index (χ3v) is 7.58. The first-order valence-electron chi connectivity index (χ1n) is 7.88. The zero-order chi connectivity index (χ0) is 18.8. The Kier molecular flexibility index (Phi) is 5.75. The van der Waals surface area contributed by atoms with Crippen LogP contribution in [0.25, 0.3) is 0 Å². The van der Waals surface area contributed by atoms with Gasteiger partial charge in [-0.3, -0.25) is 4.79 Å². The Labute approximate surface area is 148 Å². The number of benzene rings is 1. The van der Waals surface area contributed by atoms with E-state index in [4.69, 9.17) is 0 Å². The molecule has 1 saturated heterocycles. The normalized spacial score (nSPS) is 19.8. The lowest BCUT2D eigenvalue weighted by molar-refractivity contribution is -0.119. The zero-order valence-electron chi connectivity index (χ0n) is 14.4. The van der Waals surface area contributed by atoms with Crippen LogP contribution in [0.1, 0.15) is 13.3 Å². The predicted octanol–water partition coefficient (Wildman–Crippen LogP) is 0.742. The van der Waals surface area contributed by atoms with Crippen molar-refractivity contribution in [2.24, 2.45) is 5.92 Å². The van der Waals surface area contributed by atoms with Gasteiger partial charge in [-0.25, -0.2) is 21.1 Å². The molecule has 0 radical (unpaired) electrons. The number of anilines is 2. The molecular formula is C15H23N3O5S2. The lowest BCUT2D eigenvalue weighted by Gasteiger charge is -2.17. The van der Waals surface area contributed by atoms with Crippen LogP contribution in [0.4, 0.5) is 11.4 Å². The molecule has 1 aromatic rings. The van der Waals surface area contributed by atoms with Crippen LogP contribution in [0, 0.1) is 5.92 Å². The first kappa shape index (κ1) is 19.7. The molecule has 0 bridgehead atoms. The molecule has 1 aliphatic rings. The van der Waals surface area contributed by atoms with Gasteiger partial charge >= 0.3 is 0 Å². The zero-order valence-corrected chi connectivity index (χ0v) is 16.1. The fourth-order valence-corrected chi connectivity index (χ4v) is 5.25. The van der Waals surface area contributed by atoms with Crippen molar-refractivity contribution in [1.29, 1.82) is 0 Å². The number of hydrogen-bond acceptors (Lipinski definition) is 6. The third kappa shape index (κ3) is 4.50. The van der Waals surface area contributed by atoms with Crippen molar-refractivity contribution in [1.82, 2.24) is 4.31 Å². The molecule has 1 amide bonds. The molecule has 1 unspecified atom stereocenters. The molecule has 0 aromatic heterocycles. The van der Waals surface area contributed by atoms with Crippen LogP contribution in [-0.4, -0.2) is 59.2 Å². The predicted molar refractivity (Wildman–Crippen MR) is 96.9 cm³/mol. The lowest BCUT2D eigenvalue weighted by atomic mass is 10.1. The van der Waals surface area contributed by atoms with Gasteiger partial charge in [-0.2, -0.15) is 0 Å². The number of rotatable bonds is 6. The first-order chi connectivity index (χ1) is 11.6. The molecule has 0 aliphatic carbocycles. The summed E-state index contributed by atoms with van der Waals surface area (Å²) in [4.78, 5) is 12.4. The Morgan fingerprint density at radius 2 is 1.96 bits per heavy atom. The van der Waals surface area contributed by atoms with Gasteiger partial charge < -0.3 is 10.6 Å². The average Bonchev–Trinajstić information content (AvgIpc) is 2.89. The first-order valence-corrected chi connectivity index (χ1v) is 11.1. The minimum absolute atomic E-state index is 0.000201. The van der Waals surface area contributed by atoms with Crippen molar-refractivity contribution in [2.75, 3.05) is 42.8 Å². The summed E-state index contributed by atoms with van der Waals surface area (Å²) in [6, 6.07) is 4.43. The van der Waals surface area contributed by atoms with Gasteiger partial charge in [0, 0.05) is 20.6 Å². The molecule has 2 rings (SSSR count). The number of carbonyl (C=O) groups is 1. The number of hydrogen-bond donors (Lipinski definition) is 2. The summed E-state index contributed by atoms with van der Waals surface area (Å²) < 4.78 is 48.8. The minimum Gasteiger partial charge on any atom is -0.384 e. The Morgan fingerprint density at radius 1 is 1.28 bits per heavy atom. The summed E-state index contributed by atoms with van der Waals surface area (Å²) in [5.74, 6) is -1.21. The van der Waals surface area contributed by atoms with Crippen molar-refractivity contribution in [3.63, 3.8) is 0 Å². The van der Waals surface area contributed by atoms with Crippen LogP contribution in [0.15, 0.2) is 23.1 Å². The molecule has 1 fully saturated rings. The molecule has 25 heavy (non-hydrogen) atoms. The Balaban J connectivity index is 2.32. The SMILES string of the molecule is CCNc1ccc(S(=O)(=O)N(C)C)cc1NC(=O)C1CCS(=O)(=O)C1. The van der Waals surface area contributed by atoms with Gasteiger partial charge in [0.2, 0.25) is 15.9 Å². The molecule has 10 heteroatoms. The highest BCUT2D eigenvalue weighted by Crippen LogP contribution is 2.28. The van der Waals surface area contributed by atoms with E-state index in [1.165, 1.54) is 26.2 Å². The van der Waals surface area contributed by atoms with E-state index in [1.807, 2.05) is 6.92 Å². The van der Waals surface area contributed by atoms with Gasteiger partial charge in [0.25, 0.3) is 0 Å². The second-order valence-electron chi connectivity index (χ2n) is 6.11. The summed E-state index contributed by atoms with van der Waals surface area (Å²) in [7, 11) is -3.97. The molecule has 0 saturated carbocycles. The molecule has 2 N–H and O–H groups in total. The Bertz CT molecular complexity index is 863. The summed E-state index contributed by atoms with van der Waals surface area (Å²) >= 11 is 0.